The summed E-state index contributed by atoms with van der Waals surface area (Å²) in [6, 6.07) is 8.18. The molecule has 6 nitrogen and oxygen atoms in total. The van der Waals surface area contributed by atoms with Gasteiger partial charge in [0.15, 0.2) is 0 Å². The Hall–Kier alpha value is -1.63. The van der Waals surface area contributed by atoms with Crippen molar-refractivity contribution in [2.45, 2.75) is 13.0 Å². The highest BCUT2D eigenvalue weighted by Crippen LogP contribution is 2.18. The zero-order chi connectivity index (χ0) is 16.9. The molecule has 2 fully saturated rings. The van der Waals surface area contributed by atoms with Gasteiger partial charge < -0.3 is 15.4 Å². The molecule has 0 unspecified atom stereocenters. The number of nitrogens with two attached hydrogens (primary N) is 1. The molecular formula is C18H28N4O2. The quantitative estimate of drug-likeness (QED) is 0.857. The Morgan fingerprint density at radius 3 is 2.29 bits per heavy atom. The topological polar surface area (TPSA) is 62.0 Å². The van der Waals surface area contributed by atoms with Crippen molar-refractivity contribution in [3.63, 3.8) is 0 Å². The molecule has 1 aromatic carbocycles. The van der Waals surface area contributed by atoms with Crippen molar-refractivity contribution in [1.29, 1.82) is 0 Å². The SMILES string of the molecule is C[C@H](CN1CCOCC1)N1CCN(c2ccc(C(N)=O)cc2)CC1. The molecule has 2 N–H and O–H groups in total. The van der Waals surface area contributed by atoms with Gasteiger partial charge in [-0.15, -0.1) is 0 Å². The molecule has 1 aromatic rings. The number of nitrogens with zero attached hydrogens (tertiary/aromatic N) is 3. The molecule has 132 valence electrons. The van der Waals surface area contributed by atoms with Crippen LogP contribution in [0.4, 0.5) is 5.69 Å². The van der Waals surface area contributed by atoms with Crippen LogP contribution in [0.5, 0.6) is 0 Å². The molecule has 24 heavy (non-hydrogen) atoms. The third kappa shape index (κ3) is 4.26. The van der Waals surface area contributed by atoms with E-state index in [4.69, 9.17) is 10.5 Å². The molecule has 0 aliphatic carbocycles. The molecule has 0 spiro atoms. The van der Waals surface area contributed by atoms with Gasteiger partial charge >= 0.3 is 0 Å². The van der Waals surface area contributed by atoms with Crippen LogP contribution in [0.3, 0.4) is 0 Å². The van der Waals surface area contributed by atoms with Crippen LogP contribution in [-0.2, 0) is 4.74 Å². The fourth-order valence-corrected chi connectivity index (χ4v) is 3.53. The van der Waals surface area contributed by atoms with Gasteiger partial charge in [-0.25, -0.2) is 0 Å². The van der Waals surface area contributed by atoms with E-state index < -0.39 is 0 Å². The third-order valence-corrected chi connectivity index (χ3v) is 5.08. The highest BCUT2D eigenvalue weighted by atomic mass is 16.5. The number of hydrogen-bond acceptors (Lipinski definition) is 5. The van der Waals surface area contributed by atoms with E-state index in [1.165, 1.54) is 5.69 Å². The van der Waals surface area contributed by atoms with E-state index in [1.54, 1.807) is 0 Å². The Kier molecular flexibility index (Phi) is 5.71. The van der Waals surface area contributed by atoms with Crippen LogP contribution in [0.25, 0.3) is 0 Å². The van der Waals surface area contributed by atoms with Crippen LogP contribution in [0.15, 0.2) is 24.3 Å². The summed E-state index contributed by atoms with van der Waals surface area (Å²) in [6.07, 6.45) is 0. The van der Waals surface area contributed by atoms with Crippen LogP contribution in [-0.4, -0.2) is 80.8 Å². The zero-order valence-electron chi connectivity index (χ0n) is 14.5. The standard InChI is InChI=1S/C18H28N4O2/c1-15(14-20-10-12-24-13-11-20)21-6-8-22(9-7-21)17-4-2-16(3-5-17)18(19)23/h2-5,15H,6-14H2,1H3,(H2,19,23)/t15-/m1/s1. The first-order valence-electron chi connectivity index (χ1n) is 8.82. The van der Waals surface area contributed by atoms with Gasteiger partial charge in [-0.2, -0.15) is 0 Å². The summed E-state index contributed by atoms with van der Waals surface area (Å²) in [5.74, 6) is -0.372. The average molecular weight is 332 g/mol. The largest absolute Gasteiger partial charge is 0.379 e. The van der Waals surface area contributed by atoms with Crippen molar-refractivity contribution in [2.24, 2.45) is 5.73 Å². The minimum atomic E-state index is -0.372. The highest BCUT2D eigenvalue weighted by Gasteiger charge is 2.23. The number of primary amides is 1. The van der Waals surface area contributed by atoms with Crippen molar-refractivity contribution in [3.8, 4) is 0 Å². The molecular weight excluding hydrogens is 304 g/mol. The number of benzene rings is 1. The Balaban J connectivity index is 1.48. The second-order valence-electron chi connectivity index (χ2n) is 6.70. The number of ether oxygens (including phenoxy) is 1. The smallest absolute Gasteiger partial charge is 0.248 e. The molecule has 0 saturated carbocycles. The van der Waals surface area contributed by atoms with Crippen molar-refractivity contribution in [3.05, 3.63) is 29.8 Å². The second-order valence-corrected chi connectivity index (χ2v) is 6.70. The Morgan fingerprint density at radius 2 is 1.71 bits per heavy atom. The van der Waals surface area contributed by atoms with Crippen LogP contribution in [0.2, 0.25) is 0 Å². The number of carbonyl (C=O) groups is 1. The van der Waals surface area contributed by atoms with E-state index >= 15 is 0 Å². The van der Waals surface area contributed by atoms with Gasteiger partial charge in [0, 0.05) is 63.1 Å². The molecule has 0 radical (unpaired) electrons. The first kappa shape index (κ1) is 17.2. The molecule has 2 saturated heterocycles. The lowest BCUT2D eigenvalue weighted by atomic mass is 10.1. The van der Waals surface area contributed by atoms with E-state index in [2.05, 4.69) is 21.6 Å². The van der Waals surface area contributed by atoms with Crippen molar-refractivity contribution >= 4 is 11.6 Å². The van der Waals surface area contributed by atoms with E-state index in [0.717, 1.165) is 59.0 Å². The molecule has 2 heterocycles. The van der Waals surface area contributed by atoms with Gasteiger partial charge in [0.25, 0.3) is 0 Å². The molecule has 0 aromatic heterocycles. The van der Waals surface area contributed by atoms with Gasteiger partial charge in [-0.1, -0.05) is 0 Å². The van der Waals surface area contributed by atoms with E-state index in [9.17, 15) is 4.79 Å². The van der Waals surface area contributed by atoms with Crippen molar-refractivity contribution in [2.75, 3.05) is 63.9 Å². The maximum atomic E-state index is 11.2. The molecule has 3 rings (SSSR count). The number of morpholine rings is 1. The number of rotatable bonds is 5. The van der Waals surface area contributed by atoms with Crippen molar-refractivity contribution < 1.29 is 9.53 Å². The normalized spacial score (nSPS) is 21.6. The summed E-state index contributed by atoms with van der Waals surface area (Å²) in [7, 11) is 0. The Bertz CT molecular complexity index is 534. The Labute approximate surface area is 144 Å². The van der Waals surface area contributed by atoms with Gasteiger partial charge in [-0.3, -0.25) is 14.6 Å². The number of amides is 1. The summed E-state index contributed by atoms with van der Waals surface area (Å²) < 4.78 is 5.42. The summed E-state index contributed by atoms with van der Waals surface area (Å²) in [5, 5.41) is 0. The Morgan fingerprint density at radius 1 is 1.08 bits per heavy atom. The molecule has 1 atom stereocenters. The fraction of sp³-hybridized carbons (Fsp3) is 0.611. The first-order chi connectivity index (χ1) is 11.6. The van der Waals surface area contributed by atoms with Gasteiger partial charge in [0.05, 0.1) is 13.2 Å². The number of hydrogen-bond donors (Lipinski definition) is 1. The first-order valence-corrected chi connectivity index (χ1v) is 8.82. The third-order valence-electron chi connectivity index (χ3n) is 5.08. The predicted octanol–water partition coefficient (Wildman–Crippen LogP) is 0.628. The summed E-state index contributed by atoms with van der Waals surface area (Å²) in [6.45, 7) is 11.5. The van der Waals surface area contributed by atoms with Gasteiger partial charge in [0.1, 0.15) is 0 Å². The fourth-order valence-electron chi connectivity index (χ4n) is 3.53. The summed E-state index contributed by atoms with van der Waals surface area (Å²) in [5.41, 5.74) is 7.03. The minimum Gasteiger partial charge on any atom is -0.379 e. The van der Waals surface area contributed by atoms with Gasteiger partial charge in [-0.05, 0) is 31.2 Å². The highest BCUT2D eigenvalue weighted by molar-refractivity contribution is 5.93. The van der Waals surface area contributed by atoms with Crippen LogP contribution >= 0.6 is 0 Å². The van der Waals surface area contributed by atoms with Crippen LogP contribution in [0, 0.1) is 0 Å². The zero-order valence-corrected chi connectivity index (χ0v) is 14.5. The lowest BCUT2D eigenvalue weighted by molar-refractivity contribution is 0.0239. The summed E-state index contributed by atoms with van der Waals surface area (Å²) in [4.78, 5) is 18.6. The summed E-state index contributed by atoms with van der Waals surface area (Å²) >= 11 is 0. The molecule has 1 amide bonds. The van der Waals surface area contributed by atoms with Crippen LogP contribution < -0.4 is 10.6 Å². The number of carbonyl (C=O) groups excluding carboxylic acids is 1. The lowest BCUT2D eigenvalue weighted by Crippen LogP contribution is -2.53. The van der Waals surface area contributed by atoms with E-state index in [-0.39, 0.29) is 5.91 Å². The molecule has 2 aliphatic rings. The lowest BCUT2D eigenvalue weighted by Gasteiger charge is -2.41. The second kappa shape index (κ2) is 7.96. The maximum absolute atomic E-state index is 11.2. The molecule has 0 bridgehead atoms. The van der Waals surface area contributed by atoms with Crippen molar-refractivity contribution in [1.82, 2.24) is 9.80 Å². The number of anilines is 1. The predicted molar refractivity (Wildman–Crippen MR) is 95.5 cm³/mol. The number of piperazine rings is 1. The van der Waals surface area contributed by atoms with E-state index in [1.807, 2.05) is 24.3 Å². The maximum Gasteiger partial charge on any atom is 0.248 e. The van der Waals surface area contributed by atoms with Crippen LogP contribution in [0.1, 0.15) is 17.3 Å². The monoisotopic (exact) mass is 332 g/mol. The van der Waals surface area contributed by atoms with E-state index in [0.29, 0.717) is 11.6 Å². The van der Waals surface area contributed by atoms with Gasteiger partial charge in [0.2, 0.25) is 5.91 Å². The molecule has 2 aliphatic heterocycles. The average Bonchev–Trinajstić information content (AvgIpc) is 2.63. The minimum absolute atomic E-state index is 0.372. The molecule has 6 heteroatoms.